The minimum atomic E-state index is -3.35. The van der Waals surface area contributed by atoms with Gasteiger partial charge in [-0.25, -0.2) is 23.4 Å². The van der Waals surface area contributed by atoms with Gasteiger partial charge in [0.05, 0.1) is 12.2 Å². The van der Waals surface area contributed by atoms with Gasteiger partial charge in [-0.2, -0.15) is 0 Å². The lowest BCUT2D eigenvalue weighted by Crippen LogP contribution is -2.31. The number of nitrogens with one attached hydrogen (secondary N) is 1. The number of aromatic amines is 1. The Morgan fingerprint density at radius 1 is 1.33 bits per heavy atom. The molecule has 0 amide bonds. The number of hydrogen-bond acceptors (Lipinski definition) is 6. The van der Waals surface area contributed by atoms with Crippen molar-refractivity contribution in [3.05, 3.63) is 35.2 Å². The summed E-state index contributed by atoms with van der Waals surface area (Å²) in [4.78, 5) is 17.9. The average Bonchev–Trinajstić information content (AvgIpc) is 2.82. The largest absolute Gasteiger partial charge is 0.345 e. The fraction of sp³-hybridized carbons (Fsp3) is 0.462. The molecule has 2 aromatic rings. The number of rotatable bonds is 3. The fourth-order valence-corrected chi connectivity index (χ4v) is 2.95. The van der Waals surface area contributed by atoms with Crippen LogP contribution in [0.2, 0.25) is 0 Å². The van der Waals surface area contributed by atoms with E-state index in [4.69, 9.17) is 0 Å². The third kappa shape index (κ3) is 3.11. The summed E-state index contributed by atoms with van der Waals surface area (Å²) in [6.07, 6.45) is 5.29. The van der Waals surface area contributed by atoms with Crippen molar-refractivity contribution in [3.63, 3.8) is 0 Å². The van der Waals surface area contributed by atoms with Crippen LogP contribution in [0.5, 0.6) is 0 Å². The van der Waals surface area contributed by atoms with Crippen LogP contribution in [0, 0.1) is 6.92 Å². The first-order valence-corrected chi connectivity index (χ1v) is 8.58. The normalized spacial score (nSPS) is 15.9. The molecule has 0 spiro atoms. The standard InChI is InChI=1S/C13H17N5O2S/c1-9-5-14-12(16-9)8-18-4-3-11-10(7-18)6-15-13(17-11)21(2,19)20/h5-6H,3-4,7-8H2,1-2H3,(H,14,16). The molecule has 112 valence electrons. The van der Waals surface area contributed by atoms with Crippen LogP contribution in [-0.2, 0) is 29.3 Å². The first kappa shape index (κ1) is 14.2. The number of hydrogen-bond donors (Lipinski definition) is 1. The Balaban J connectivity index is 1.77. The summed E-state index contributed by atoms with van der Waals surface area (Å²) in [6, 6.07) is 0. The maximum absolute atomic E-state index is 11.5. The second-order valence-corrected chi connectivity index (χ2v) is 7.28. The van der Waals surface area contributed by atoms with Crippen LogP contribution in [0.4, 0.5) is 0 Å². The van der Waals surface area contributed by atoms with E-state index in [-0.39, 0.29) is 5.16 Å². The lowest BCUT2D eigenvalue weighted by atomic mass is 10.1. The third-order valence-electron chi connectivity index (χ3n) is 3.45. The van der Waals surface area contributed by atoms with E-state index in [1.807, 2.05) is 13.1 Å². The third-order valence-corrected chi connectivity index (χ3v) is 4.31. The van der Waals surface area contributed by atoms with Gasteiger partial charge in [0.1, 0.15) is 5.82 Å². The SMILES string of the molecule is Cc1cnc(CN2CCc3nc(S(C)(=O)=O)ncc3C2)[nH]1. The maximum atomic E-state index is 11.5. The molecule has 3 rings (SSSR count). The lowest BCUT2D eigenvalue weighted by molar-refractivity contribution is 0.236. The predicted octanol–water partition coefficient (Wildman–Crippen LogP) is 0.470. The molecule has 0 aliphatic carbocycles. The highest BCUT2D eigenvalue weighted by atomic mass is 32.2. The Labute approximate surface area is 123 Å². The van der Waals surface area contributed by atoms with E-state index in [1.54, 1.807) is 6.20 Å². The molecule has 0 bridgehead atoms. The van der Waals surface area contributed by atoms with Gasteiger partial charge in [0.25, 0.3) is 0 Å². The summed E-state index contributed by atoms with van der Waals surface area (Å²) in [5.41, 5.74) is 2.86. The Bertz CT molecular complexity index is 769. The zero-order valence-electron chi connectivity index (χ0n) is 12.0. The molecule has 0 aromatic carbocycles. The van der Waals surface area contributed by atoms with Gasteiger partial charge in [0, 0.05) is 49.4 Å². The average molecular weight is 307 g/mol. The molecule has 0 saturated heterocycles. The van der Waals surface area contributed by atoms with E-state index in [2.05, 4.69) is 24.8 Å². The van der Waals surface area contributed by atoms with E-state index in [0.29, 0.717) is 6.54 Å². The van der Waals surface area contributed by atoms with Gasteiger partial charge in [-0.15, -0.1) is 0 Å². The molecular weight excluding hydrogens is 290 g/mol. The highest BCUT2D eigenvalue weighted by Crippen LogP contribution is 2.19. The highest BCUT2D eigenvalue weighted by molar-refractivity contribution is 7.90. The van der Waals surface area contributed by atoms with Crippen molar-refractivity contribution in [3.8, 4) is 0 Å². The molecule has 1 N–H and O–H groups in total. The van der Waals surface area contributed by atoms with Crippen LogP contribution >= 0.6 is 0 Å². The number of aromatic nitrogens is 4. The summed E-state index contributed by atoms with van der Waals surface area (Å²) in [5.74, 6) is 0.935. The zero-order valence-corrected chi connectivity index (χ0v) is 12.8. The molecule has 0 radical (unpaired) electrons. The molecule has 1 aliphatic heterocycles. The molecule has 0 atom stereocenters. The molecule has 21 heavy (non-hydrogen) atoms. The fourth-order valence-electron chi connectivity index (χ4n) is 2.43. The summed E-state index contributed by atoms with van der Waals surface area (Å²) in [7, 11) is -3.35. The molecular formula is C13H17N5O2S. The summed E-state index contributed by atoms with van der Waals surface area (Å²) in [6.45, 7) is 4.25. The summed E-state index contributed by atoms with van der Waals surface area (Å²) < 4.78 is 23.0. The van der Waals surface area contributed by atoms with Crippen molar-refractivity contribution in [1.82, 2.24) is 24.8 Å². The van der Waals surface area contributed by atoms with Crippen molar-refractivity contribution in [2.75, 3.05) is 12.8 Å². The number of nitrogens with zero attached hydrogens (tertiary/aromatic N) is 4. The quantitative estimate of drug-likeness (QED) is 0.829. The minimum Gasteiger partial charge on any atom is -0.345 e. The van der Waals surface area contributed by atoms with E-state index in [9.17, 15) is 8.42 Å². The number of H-pyrrole nitrogens is 1. The predicted molar refractivity (Wildman–Crippen MR) is 76.3 cm³/mol. The van der Waals surface area contributed by atoms with Crippen LogP contribution in [0.1, 0.15) is 22.8 Å². The molecule has 7 nitrogen and oxygen atoms in total. The number of sulfone groups is 1. The Hall–Kier alpha value is -1.80. The monoisotopic (exact) mass is 307 g/mol. The van der Waals surface area contributed by atoms with Crippen LogP contribution in [-0.4, -0.2) is 46.1 Å². The highest BCUT2D eigenvalue weighted by Gasteiger charge is 2.21. The number of fused-ring (bicyclic) bond motifs is 1. The van der Waals surface area contributed by atoms with Crippen LogP contribution < -0.4 is 0 Å². The summed E-state index contributed by atoms with van der Waals surface area (Å²) in [5, 5.41) is -0.0867. The van der Waals surface area contributed by atoms with Crippen molar-refractivity contribution in [2.45, 2.75) is 31.6 Å². The molecule has 0 saturated carbocycles. The van der Waals surface area contributed by atoms with Gasteiger partial charge in [-0.1, -0.05) is 0 Å². The second-order valence-electron chi connectivity index (χ2n) is 5.37. The van der Waals surface area contributed by atoms with Crippen molar-refractivity contribution in [1.29, 1.82) is 0 Å². The van der Waals surface area contributed by atoms with Crippen molar-refractivity contribution >= 4 is 9.84 Å². The Kier molecular flexibility index (Phi) is 3.50. The molecule has 8 heteroatoms. The van der Waals surface area contributed by atoms with E-state index < -0.39 is 9.84 Å². The van der Waals surface area contributed by atoms with Crippen molar-refractivity contribution < 1.29 is 8.42 Å². The minimum absolute atomic E-state index is 0.0867. The maximum Gasteiger partial charge on any atom is 0.246 e. The van der Waals surface area contributed by atoms with Gasteiger partial charge < -0.3 is 4.98 Å². The van der Waals surface area contributed by atoms with Crippen LogP contribution in [0.25, 0.3) is 0 Å². The van der Waals surface area contributed by atoms with Crippen LogP contribution in [0.3, 0.4) is 0 Å². The van der Waals surface area contributed by atoms with Gasteiger partial charge in [0.2, 0.25) is 15.0 Å². The second kappa shape index (κ2) is 5.19. The Morgan fingerprint density at radius 2 is 2.14 bits per heavy atom. The summed E-state index contributed by atoms with van der Waals surface area (Å²) >= 11 is 0. The zero-order chi connectivity index (χ0) is 15.0. The van der Waals surface area contributed by atoms with Crippen LogP contribution in [0.15, 0.2) is 17.6 Å². The first-order valence-electron chi connectivity index (χ1n) is 6.69. The molecule has 1 aliphatic rings. The van der Waals surface area contributed by atoms with Crippen molar-refractivity contribution in [2.24, 2.45) is 0 Å². The molecule has 0 fully saturated rings. The first-order chi connectivity index (χ1) is 9.91. The molecule has 3 heterocycles. The molecule has 0 unspecified atom stereocenters. The smallest absolute Gasteiger partial charge is 0.246 e. The number of aryl methyl sites for hydroxylation is 1. The Morgan fingerprint density at radius 3 is 2.81 bits per heavy atom. The lowest BCUT2D eigenvalue weighted by Gasteiger charge is -2.27. The van der Waals surface area contributed by atoms with E-state index in [0.717, 1.165) is 48.5 Å². The number of imidazole rings is 1. The van der Waals surface area contributed by atoms with Gasteiger partial charge in [-0.05, 0) is 6.92 Å². The van der Waals surface area contributed by atoms with Gasteiger partial charge in [-0.3, -0.25) is 4.90 Å². The topological polar surface area (TPSA) is 91.8 Å². The van der Waals surface area contributed by atoms with E-state index in [1.165, 1.54) is 0 Å². The molecule has 2 aromatic heterocycles. The van der Waals surface area contributed by atoms with Gasteiger partial charge >= 0.3 is 0 Å². The van der Waals surface area contributed by atoms with Gasteiger partial charge in [0.15, 0.2) is 0 Å². The van der Waals surface area contributed by atoms with E-state index >= 15 is 0 Å².